The highest BCUT2D eigenvalue weighted by atomic mass is 32.2. The first-order valence-electron chi connectivity index (χ1n) is 7.93. The molecule has 1 atom stereocenters. The summed E-state index contributed by atoms with van der Waals surface area (Å²) in [7, 11) is 4.15. The van der Waals surface area contributed by atoms with Crippen molar-refractivity contribution in [2.75, 3.05) is 42.4 Å². The molecule has 1 unspecified atom stereocenters. The molecule has 2 aliphatic heterocycles. The minimum absolute atomic E-state index is 0.157. The molecule has 3 rings (SSSR count). The standard InChI is InChI=1S/C17H26N2OS/c1-19(2)16-5-3-14(4-6-16)18-15-7-10-20-17(13-15)8-11-21-12-9-17/h3-6,15,18H,7-13H2,1-2H3. The van der Waals surface area contributed by atoms with Crippen LogP contribution in [-0.4, -0.2) is 43.9 Å². The van der Waals surface area contributed by atoms with Crippen molar-refractivity contribution in [2.24, 2.45) is 0 Å². The molecule has 1 aromatic carbocycles. The van der Waals surface area contributed by atoms with Gasteiger partial charge >= 0.3 is 0 Å². The first-order chi connectivity index (χ1) is 10.2. The van der Waals surface area contributed by atoms with Gasteiger partial charge < -0.3 is 15.0 Å². The SMILES string of the molecule is CN(C)c1ccc(NC2CCOC3(CCSCC3)C2)cc1. The van der Waals surface area contributed by atoms with Crippen LogP contribution in [0, 0.1) is 0 Å². The zero-order valence-corrected chi connectivity index (χ0v) is 13.9. The summed E-state index contributed by atoms with van der Waals surface area (Å²) in [6.45, 7) is 0.901. The van der Waals surface area contributed by atoms with Crippen molar-refractivity contribution in [3.63, 3.8) is 0 Å². The van der Waals surface area contributed by atoms with Crippen molar-refractivity contribution >= 4 is 23.1 Å². The fraction of sp³-hybridized carbons (Fsp3) is 0.647. The number of thioether (sulfide) groups is 1. The molecule has 0 aromatic heterocycles. The van der Waals surface area contributed by atoms with Crippen molar-refractivity contribution in [1.82, 2.24) is 0 Å². The fourth-order valence-corrected chi connectivity index (χ4v) is 4.57. The van der Waals surface area contributed by atoms with Gasteiger partial charge in [0.1, 0.15) is 0 Å². The Hall–Kier alpha value is -0.870. The van der Waals surface area contributed by atoms with E-state index in [9.17, 15) is 0 Å². The van der Waals surface area contributed by atoms with Crippen LogP contribution >= 0.6 is 11.8 Å². The Bertz CT molecular complexity index is 449. The summed E-state index contributed by atoms with van der Waals surface area (Å²) in [4.78, 5) is 2.13. The first-order valence-corrected chi connectivity index (χ1v) is 9.08. The van der Waals surface area contributed by atoms with Crippen molar-refractivity contribution in [1.29, 1.82) is 0 Å². The lowest BCUT2D eigenvalue weighted by Gasteiger charge is -2.43. The molecule has 0 bridgehead atoms. The minimum Gasteiger partial charge on any atom is -0.382 e. The summed E-state index contributed by atoms with van der Waals surface area (Å²) in [5.41, 5.74) is 2.63. The molecule has 21 heavy (non-hydrogen) atoms. The van der Waals surface area contributed by atoms with E-state index in [4.69, 9.17) is 4.74 Å². The normalized spacial score (nSPS) is 24.8. The highest BCUT2D eigenvalue weighted by molar-refractivity contribution is 7.99. The molecule has 1 spiro atoms. The molecule has 116 valence electrons. The number of hydrogen-bond acceptors (Lipinski definition) is 4. The quantitative estimate of drug-likeness (QED) is 0.922. The van der Waals surface area contributed by atoms with Crippen LogP contribution < -0.4 is 10.2 Å². The van der Waals surface area contributed by atoms with E-state index in [1.54, 1.807) is 0 Å². The molecule has 0 amide bonds. The fourth-order valence-electron chi connectivity index (χ4n) is 3.33. The Kier molecular flexibility index (Phi) is 4.65. The predicted molar refractivity (Wildman–Crippen MR) is 92.7 cm³/mol. The molecule has 2 fully saturated rings. The maximum absolute atomic E-state index is 6.16. The van der Waals surface area contributed by atoms with E-state index < -0.39 is 0 Å². The lowest BCUT2D eigenvalue weighted by atomic mass is 9.85. The van der Waals surface area contributed by atoms with Crippen LogP contribution in [0.25, 0.3) is 0 Å². The van der Waals surface area contributed by atoms with Crippen LogP contribution in [-0.2, 0) is 4.74 Å². The second-order valence-electron chi connectivity index (χ2n) is 6.42. The molecule has 2 saturated heterocycles. The van der Waals surface area contributed by atoms with Gasteiger partial charge in [-0.2, -0.15) is 11.8 Å². The van der Waals surface area contributed by atoms with Crippen LogP contribution in [0.15, 0.2) is 24.3 Å². The number of benzene rings is 1. The van der Waals surface area contributed by atoms with E-state index in [-0.39, 0.29) is 5.60 Å². The van der Waals surface area contributed by atoms with E-state index in [0.29, 0.717) is 6.04 Å². The molecule has 1 N–H and O–H groups in total. The second-order valence-corrected chi connectivity index (χ2v) is 7.64. The molecule has 2 aliphatic rings. The van der Waals surface area contributed by atoms with E-state index in [2.05, 4.69) is 60.3 Å². The number of nitrogens with one attached hydrogen (secondary N) is 1. The first kappa shape index (κ1) is 15.0. The maximum atomic E-state index is 6.16. The van der Waals surface area contributed by atoms with Gasteiger partial charge in [0.25, 0.3) is 0 Å². The zero-order valence-electron chi connectivity index (χ0n) is 13.1. The Morgan fingerprint density at radius 2 is 1.90 bits per heavy atom. The maximum Gasteiger partial charge on any atom is 0.0717 e. The van der Waals surface area contributed by atoms with Crippen LogP contribution in [0.1, 0.15) is 25.7 Å². The number of rotatable bonds is 3. The third kappa shape index (κ3) is 3.67. The van der Waals surface area contributed by atoms with Gasteiger partial charge in [-0.1, -0.05) is 0 Å². The van der Waals surface area contributed by atoms with Gasteiger partial charge in [0, 0.05) is 38.1 Å². The molecule has 0 saturated carbocycles. The summed E-state index contributed by atoms with van der Waals surface area (Å²) in [6.07, 6.45) is 4.71. The highest BCUT2D eigenvalue weighted by Crippen LogP contribution is 2.38. The van der Waals surface area contributed by atoms with Crippen LogP contribution in [0.3, 0.4) is 0 Å². The van der Waals surface area contributed by atoms with Gasteiger partial charge in [-0.25, -0.2) is 0 Å². The van der Waals surface area contributed by atoms with Crippen LogP contribution in [0.5, 0.6) is 0 Å². The topological polar surface area (TPSA) is 24.5 Å². The van der Waals surface area contributed by atoms with Gasteiger partial charge in [0.15, 0.2) is 0 Å². The van der Waals surface area contributed by atoms with Gasteiger partial charge in [-0.15, -0.1) is 0 Å². The molecule has 0 aliphatic carbocycles. The Morgan fingerprint density at radius 3 is 2.57 bits per heavy atom. The summed E-state index contributed by atoms with van der Waals surface area (Å²) in [6, 6.07) is 9.28. The Balaban J connectivity index is 1.61. The van der Waals surface area contributed by atoms with E-state index in [0.717, 1.165) is 19.4 Å². The summed E-state index contributed by atoms with van der Waals surface area (Å²) >= 11 is 2.07. The average Bonchev–Trinajstić information content (AvgIpc) is 2.49. The van der Waals surface area contributed by atoms with Crippen molar-refractivity contribution in [3.8, 4) is 0 Å². The zero-order chi connectivity index (χ0) is 14.7. The lowest BCUT2D eigenvalue weighted by molar-refractivity contribution is -0.0865. The molecule has 3 nitrogen and oxygen atoms in total. The number of nitrogens with zero attached hydrogens (tertiary/aromatic N) is 1. The average molecular weight is 306 g/mol. The monoisotopic (exact) mass is 306 g/mol. The lowest BCUT2D eigenvalue weighted by Crippen LogP contribution is -2.46. The van der Waals surface area contributed by atoms with Gasteiger partial charge in [-0.3, -0.25) is 0 Å². The van der Waals surface area contributed by atoms with Crippen molar-refractivity contribution in [2.45, 2.75) is 37.3 Å². The Morgan fingerprint density at radius 1 is 1.19 bits per heavy atom. The molecular formula is C17H26N2OS. The molecule has 4 heteroatoms. The Labute approximate surface area is 132 Å². The number of hydrogen-bond donors (Lipinski definition) is 1. The van der Waals surface area contributed by atoms with E-state index in [1.807, 2.05) is 0 Å². The van der Waals surface area contributed by atoms with Gasteiger partial charge in [-0.05, 0) is 61.5 Å². The number of anilines is 2. The van der Waals surface area contributed by atoms with E-state index >= 15 is 0 Å². The molecule has 2 heterocycles. The second kappa shape index (κ2) is 6.49. The van der Waals surface area contributed by atoms with Crippen molar-refractivity contribution in [3.05, 3.63) is 24.3 Å². The smallest absolute Gasteiger partial charge is 0.0717 e. The van der Waals surface area contributed by atoms with Crippen molar-refractivity contribution < 1.29 is 4.74 Å². The van der Waals surface area contributed by atoms with E-state index in [1.165, 1.54) is 35.7 Å². The van der Waals surface area contributed by atoms with Gasteiger partial charge in [0.2, 0.25) is 0 Å². The molecule has 0 radical (unpaired) electrons. The minimum atomic E-state index is 0.157. The number of ether oxygens (including phenoxy) is 1. The van der Waals surface area contributed by atoms with Crippen LogP contribution in [0.2, 0.25) is 0 Å². The third-order valence-corrected chi connectivity index (χ3v) is 5.64. The van der Waals surface area contributed by atoms with Gasteiger partial charge in [0.05, 0.1) is 5.60 Å². The largest absolute Gasteiger partial charge is 0.382 e. The third-order valence-electron chi connectivity index (χ3n) is 4.65. The summed E-state index contributed by atoms with van der Waals surface area (Å²) in [5, 5.41) is 3.71. The summed E-state index contributed by atoms with van der Waals surface area (Å²) in [5.74, 6) is 2.51. The predicted octanol–water partition coefficient (Wildman–Crippen LogP) is 3.61. The highest BCUT2D eigenvalue weighted by Gasteiger charge is 2.38. The summed E-state index contributed by atoms with van der Waals surface area (Å²) < 4.78 is 6.16. The molecule has 1 aromatic rings. The molecular weight excluding hydrogens is 280 g/mol. The van der Waals surface area contributed by atoms with Crippen LogP contribution in [0.4, 0.5) is 11.4 Å².